The zero-order valence-electron chi connectivity index (χ0n) is 18.6. The number of nitrogens with zero attached hydrogens (tertiary/aromatic N) is 3. The Morgan fingerprint density at radius 2 is 1.76 bits per heavy atom. The molecule has 0 radical (unpaired) electrons. The molecule has 2 N–H and O–H groups in total. The van der Waals surface area contributed by atoms with Crippen LogP contribution in [0.2, 0.25) is 0 Å². The van der Waals surface area contributed by atoms with Crippen molar-refractivity contribution < 1.29 is 9.53 Å². The molecule has 0 atom stereocenters. The molecular formula is C26H23BrN4O3. The fourth-order valence-electron chi connectivity index (χ4n) is 4.28. The quantitative estimate of drug-likeness (QED) is 0.439. The Hall–Kier alpha value is -3.49. The van der Waals surface area contributed by atoms with Gasteiger partial charge in [0.1, 0.15) is 0 Å². The van der Waals surface area contributed by atoms with Gasteiger partial charge in [-0.1, -0.05) is 40.2 Å². The molecular weight excluding hydrogens is 496 g/mol. The van der Waals surface area contributed by atoms with Crippen molar-refractivity contribution >= 4 is 38.3 Å². The molecule has 2 heterocycles. The van der Waals surface area contributed by atoms with E-state index in [4.69, 9.17) is 15.6 Å². The lowest BCUT2D eigenvalue weighted by molar-refractivity contribution is 0.1000. The second-order valence-electron chi connectivity index (χ2n) is 8.27. The summed E-state index contributed by atoms with van der Waals surface area (Å²) in [6, 6.07) is 18.7. The van der Waals surface area contributed by atoms with Crippen LogP contribution < -0.4 is 16.2 Å². The lowest BCUT2D eigenvalue weighted by Crippen LogP contribution is -2.36. The van der Waals surface area contributed by atoms with Crippen molar-refractivity contribution in [2.45, 2.75) is 6.92 Å². The van der Waals surface area contributed by atoms with Gasteiger partial charge in [-0.25, -0.2) is 0 Å². The Kier molecular flexibility index (Phi) is 5.93. The number of aromatic nitrogens is 2. The third-order valence-corrected chi connectivity index (χ3v) is 6.52. The summed E-state index contributed by atoms with van der Waals surface area (Å²) in [6.45, 7) is 4.90. The average Bonchev–Trinajstić information content (AvgIpc) is 2.85. The Balaban J connectivity index is 1.75. The number of anilines is 1. The SMILES string of the molecule is Cc1ccc(N2CCOCC2)cc1-n1nc(-c2cc(Br)cc(C(N)=O)c2)c2ccccc2c1=O. The first-order chi connectivity index (χ1) is 16.4. The van der Waals surface area contributed by atoms with Crippen molar-refractivity contribution in [2.24, 2.45) is 5.73 Å². The molecule has 0 unspecified atom stereocenters. The van der Waals surface area contributed by atoms with Gasteiger partial charge in [0, 0.05) is 39.8 Å². The number of ether oxygens (including phenoxy) is 1. The molecule has 1 aromatic heterocycles. The zero-order chi connectivity index (χ0) is 23.8. The highest BCUT2D eigenvalue weighted by molar-refractivity contribution is 9.10. The van der Waals surface area contributed by atoms with Crippen LogP contribution in [0.3, 0.4) is 0 Å². The monoisotopic (exact) mass is 518 g/mol. The number of rotatable bonds is 4. The predicted octanol–water partition coefficient (Wildman–Crippen LogP) is 4.06. The zero-order valence-corrected chi connectivity index (χ0v) is 20.2. The lowest BCUT2D eigenvalue weighted by Gasteiger charge is -2.29. The number of primary amides is 1. The van der Waals surface area contributed by atoms with Crippen LogP contribution in [0.25, 0.3) is 27.7 Å². The van der Waals surface area contributed by atoms with Crippen LogP contribution in [0.5, 0.6) is 0 Å². The van der Waals surface area contributed by atoms with Crippen LogP contribution in [0, 0.1) is 6.92 Å². The van der Waals surface area contributed by atoms with E-state index in [1.165, 1.54) is 4.68 Å². The van der Waals surface area contributed by atoms with Gasteiger partial charge in [0.25, 0.3) is 5.56 Å². The van der Waals surface area contributed by atoms with E-state index >= 15 is 0 Å². The topological polar surface area (TPSA) is 90.4 Å². The minimum Gasteiger partial charge on any atom is -0.378 e. The van der Waals surface area contributed by atoms with E-state index in [2.05, 4.69) is 26.9 Å². The summed E-state index contributed by atoms with van der Waals surface area (Å²) in [6.07, 6.45) is 0. The number of carbonyl (C=O) groups is 1. The standard InChI is InChI=1S/C26H23BrN4O3/c1-16-6-7-20(30-8-10-34-11-9-30)15-23(16)31-26(33)22-5-3-2-4-21(22)24(29-31)17-12-18(25(28)32)14-19(27)13-17/h2-7,12-15H,8-11H2,1H3,(H2,28,32). The lowest BCUT2D eigenvalue weighted by atomic mass is 10.0. The number of aryl methyl sites for hydroxylation is 1. The molecule has 34 heavy (non-hydrogen) atoms. The number of morpholine rings is 1. The van der Waals surface area contributed by atoms with Crippen molar-refractivity contribution in [1.82, 2.24) is 9.78 Å². The number of hydrogen-bond acceptors (Lipinski definition) is 5. The van der Waals surface area contributed by atoms with Gasteiger partial charge in [-0.15, -0.1) is 0 Å². The molecule has 1 aliphatic rings. The van der Waals surface area contributed by atoms with Gasteiger partial charge in [0.15, 0.2) is 0 Å². The number of halogens is 1. The highest BCUT2D eigenvalue weighted by Crippen LogP contribution is 2.30. The van der Waals surface area contributed by atoms with E-state index in [1.807, 2.05) is 43.3 Å². The molecule has 4 aromatic rings. The average molecular weight is 519 g/mol. The van der Waals surface area contributed by atoms with E-state index in [-0.39, 0.29) is 5.56 Å². The van der Waals surface area contributed by atoms with Crippen molar-refractivity contribution in [1.29, 1.82) is 0 Å². The number of nitrogens with two attached hydrogens (primary N) is 1. The van der Waals surface area contributed by atoms with Crippen LogP contribution >= 0.6 is 15.9 Å². The molecule has 0 bridgehead atoms. The fourth-order valence-corrected chi connectivity index (χ4v) is 4.77. The minimum atomic E-state index is -0.533. The smallest absolute Gasteiger partial charge is 0.279 e. The van der Waals surface area contributed by atoms with Crippen molar-refractivity contribution in [3.8, 4) is 16.9 Å². The Bertz CT molecular complexity index is 1480. The summed E-state index contributed by atoms with van der Waals surface area (Å²) in [7, 11) is 0. The van der Waals surface area contributed by atoms with E-state index in [0.29, 0.717) is 51.0 Å². The molecule has 1 aliphatic heterocycles. The molecule has 1 amide bonds. The normalized spacial score (nSPS) is 13.9. The van der Waals surface area contributed by atoms with Gasteiger partial charge in [-0.2, -0.15) is 9.78 Å². The van der Waals surface area contributed by atoms with Crippen LogP contribution in [-0.2, 0) is 4.74 Å². The van der Waals surface area contributed by atoms with Gasteiger partial charge in [-0.3, -0.25) is 9.59 Å². The maximum atomic E-state index is 13.6. The van der Waals surface area contributed by atoms with E-state index in [0.717, 1.165) is 24.3 Å². The fraction of sp³-hybridized carbons (Fsp3) is 0.192. The number of hydrogen-bond donors (Lipinski definition) is 1. The minimum absolute atomic E-state index is 0.202. The predicted molar refractivity (Wildman–Crippen MR) is 137 cm³/mol. The van der Waals surface area contributed by atoms with Crippen LogP contribution in [0.1, 0.15) is 15.9 Å². The highest BCUT2D eigenvalue weighted by Gasteiger charge is 2.18. The molecule has 1 saturated heterocycles. The second kappa shape index (κ2) is 9.04. The van der Waals surface area contributed by atoms with Crippen molar-refractivity contribution in [3.63, 3.8) is 0 Å². The molecule has 0 aliphatic carbocycles. The molecule has 5 rings (SSSR count). The van der Waals surface area contributed by atoms with Gasteiger partial charge < -0.3 is 15.4 Å². The Morgan fingerprint density at radius 1 is 1.03 bits per heavy atom. The number of benzene rings is 3. The molecule has 3 aromatic carbocycles. The van der Waals surface area contributed by atoms with Crippen LogP contribution in [0.15, 0.2) is 69.9 Å². The van der Waals surface area contributed by atoms with Gasteiger partial charge >= 0.3 is 0 Å². The van der Waals surface area contributed by atoms with Gasteiger partial charge in [0.05, 0.1) is 30.0 Å². The largest absolute Gasteiger partial charge is 0.378 e. The van der Waals surface area contributed by atoms with E-state index < -0.39 is 5.91 Å². The summed E-state index contributed by atoms with van der Waals surface area (Å²) in [5.74, 6) is -0.533. The first-order valence-electron chi connectivity index (χ1n) is 11.0. The molecule has 7 nitrogen and oxygen atoms in total. The highest BCUT2D eigenvalue weighted by atomic mass is 79.9. The molecule has 0 spiro atoms. The maximum absolute atomic E-state index is 13.6. The molecule has 1 fully saturated rings. The summed E-state index contributed by atoms with van der Waals surface area (Å²) in [5.41, 5.74) is 9.65. The molecule has 8 heteroatoms. The first-order valence-corrected chi connectivity index (χ1v) is 11.8. The molecule has 0 saturated carbocycles. The van der Waals surface area contributed by atoms with Gasteiger partial charge in [0.2, 0.25) is 5.91 Å². The summed E-state index contributed by atoms with van der Waals surface area (Å²) >= 11 is 3.47. The molecule has 172 valence electrons. The summed E-state index contributed by atoms with van der Waals surface area (Å²) < 4.78 is 7.64. The summed E-state index contributed by atoms with van der Waals surface area (Å²) in [5, 5.41) is 6.07. The number of fused-ring (bicyclic) bond motifs is 1. The third kappa shape index (κ3) is 4.10. The van der Waals surface area contributed by atoms with Crippen molar-refractivity contribution in [2.75, 3.05) is 31.2 Å². The van der Waals surface area contributed by atoms with Crippen molar-refractivity contribution in [3.05, 3.63) is 86.6 Å². The second-order valence-corrected chi connectivity index (χ2v) is 9.19. The Labute approximate surface area is 204 Å². The van der Waals surface area contributed by atoms with Crippen LogP contribution in [0.4, 0.5) is 5.69 Å². The van der Waals surface area contributed by atoms with E-state index in [9.17, 15) is 9.59 Å². The number of amides is 1. The maximum Gasteiger partial charge on any atom is 0.279 e. The third-order valence-electron chi connectivity index (χ3n) is 6.06. The number of carbonyl (C=O) groups excluding carboxylic acids is 1. The van der Waals surface area contributed by atoms with E-state index in [1.54, 1.807) is 18.2 Å². The Morgan fingerprint density at radius 3 is 2.50 bits per heavy atom. The first kappa shape index (κ1) is 22.3. The van der Waals surface area contributed by atoms with Gasteiger partial charge in [-0.05, 0) is 48.9 Å². The van der Waals surface area contributed by atoms with Crippen LogP contribution in [-0.4, -0.2) is 42.0 Å². The summed E-state index contributed by atoms with van der Waals surface area (Å²) in [4.78, 5) is 27.7.